The first-order valence-electron chi connectivity index (χ1n) is 6.55. The minimum Gasteiger partial charge on any atom is -0.374 e. The second-order valence-corrected chi connectivity index (χ2v) is 5.91. The first kappa shape index (κ1) is 15.7. The number of hydrogen-bond donors (Lipinski definition) is 2. The molecular weight excluding hydrogens is 304 g/mol. The molecule has 21 heavy (non-hydrogen) atoms. The number of carbonyl (C=O) groups is 1. The number of carbonyl (C=O) groups excluding carboxylic acids is 1. The van der Waals surface area contributed by atoms with Crippen molar-refractivity contribution < 1.29 is 4.79 Å². The van der Waals surface area contributed by atoms with E-state index >= 15 is 0 Å². The van der Waals surface area contributed by atoms with Crippen LogP contribution in [0.2, 0.25) is 5.02 Å². The van der Waals surface area contributed by atoms with Gasteiger partial charge < -0.3 is 10.6 Å². The zero-order chi connectivity index (χ0) is 15.2. The highest BCUT2D eigenvalue weighted by molar-refractivity contribution is 7.98. The number of amides is 1. The molecule has 0 radical (unpaired) electrons. The lowest BCUT2D eigenvalue weighted by atomic mass is 10.2. The predicted octanol–water partition coefficient (Wildman–Crippen LogP) is 4.50. The summed E-state index contributed by atoms with van der Waals surface area (Å²) in [6, 6.07) is 14.7. The molecule has 2 rings (SSSR count). The molecule has 1 amide bonds. The van der Waals surface area contributed by atoms with Gasteiger partial charge in [0.2, 0.25) is 5.91 Å². The zero-order valence-corrected chi connectivity index (χ0v) is 13.5. The summed E-state index contributed by atoms with van der Waals surface area (Å²) in [5.41, 5.74) is 1.66. The van der Waals surface area contributed by atoms with Gasteiger partial charge >= 0.3 is 0 Å². The SMILES string of the molecule is CSc1cccc(N[C@H](C)C(=O)Nc2ccc(Cl)cc2)c1. The van der Waals surface area contributed by atoms with E-state index in [0.29, 0.717) is 5.02 Å². The Labute approximate surface area is 134 Å². The maximum Gasteiger partial charge on any atom is 0.246 e. The Balaban J connectivity index is 1.97. The fourth-order valence-corrected chi connectivity index (χ4v) is 2.40. The maximum atomic E-state index is 12.1. The monoisotopic (exact) mass is 320 g/mol. The van der Waals surface area contributed by atoms with Gasteiger partial charge in [-0.05, 0) is 55.6 Å². The Morgan fingerprint density at radius 1 is 1.14 bits per heavy atom. The van der Waals surface area contributed by atoms with Gasteiger partial charge in [-0.25, -0.2) is 0 Å². The van der Waals surface area contributed by atoms with Crippen LogP contribution >= 0.6 is 23.4 Å². The van der Waals surface area contributed by atoms with E-state index in [0.717, 1.165) is 16.3 Å². The van der Waals surface area contributed by atoms with Crippen molar-refractivity contribution in [1.29, 1.82) is 0 Å². The Morgan fingerprint density at radius 3 is 2.52 bits per heavy atom. The molecule has 0 bridgehead atoms. The van der Waals surface area contributed by atoms with Gasteiger partial charge in [-0.15, -0.1) is 11.8 Å². The van der Waals surface area contributed by atoms with Crippen LogP contribution < -0.4 is 10.6 Å². The normalized spacial score (nSPS) is 11.8. The lowest BCUT2D eigenvalue weighted by Crippen LogP contribution is -2.31. The topological polar surface area (TPSA) is 41.1 Å². The van der Waals surface area contributed by atoms with Gasteiger partial charge in [0.15, 0.2) is 0 Å². The summed E-state index contributed by atoms with van der Waals surface area (Å²) in [7, 11) is 0. The van der Waals surface area contributed by atoms with Crippen LogP contribution in [-0.4, -0.2) is 18.2 Å². The Bertz CT molecular complexity index is 616. The van der Waals surface area contributed by atoms with Crippen molar-refractivity contribution in [1.82, 2.24) is 0 Å². The Kier molecular flexibility index (Phi) is 5.53. The summed E-state index contributed by atoms with van der Waals surface area (Å²) in [4.78, 5) is 13.3. The van der Waals surface area contributed by atoms with E-state index in [1.54, 1.807) is 36.0 Å². The first-order chi connectivity index (χ1) is 10.1. The van der Waals surface area contributed by atoms with Gasteiger partial charge in [0.25, 0.3) is 0 Å². The van der Waals surface area contributed by atoms with Crippen LogP contribution in [0.25, 0.3) is 0 Å². The molecule has 0 saturated heterocycles. The average molecular weight is 321 g/mol. The molecule has 2 aromatic rings. The van der Waals surface area contributed by atoms with E-state index in [2.05, 4.69) is 10.6 Å². The molecule has 0 heterocycles. The third-order valence-electron chi connectivity index (χ3n) is 2.96. The highest BCUT2D eigenvalue weighted by Crippen LogP contribution is 2.20. The Morgan fingerprint density at radius 2 is 1.86 bits per heavy atom. The molecule has 0 aliphatic heterocycles. The minimum atomic E-state index is -0.335. The molecule has 0 saturated carbocycles. The van der Waals surface area contributed by atoms with Crippen molar-refractivity contribution in [3.8, 4) is 0 Å². The largest absolute Gasteiger partial charge is 0.374 e. The van der Waals surface area contributed by atoms with E-state index in [4.69, 9.17) is 11.6 Å². The molecule has 0 aliphatic carbocycles. The molecule has 2 aromatic carbocycles. The molecule has 0 aromatic heterocycles. The average Bonchev–Trinajstić information content (AvgIpc) is 2.49. The van der Waals surface area contributed by atoms with Crippen LogP contribution in [0.5, 0.6) is 0 Å². The number of benzene rings is 2. The zero-order valence-electron chi connectivity index (χ0n) is 11.9. The summed E-state index contributed by atoms with van der Waals surface area (Å²) in [6.45, 7) is 1.83. The van der Waals surface area contributed by atoms with Crippen molar-refractivity contribution >= 4 is 40.6 Å². The van der Waals surface area contributed by atoms with Crippen molar-refractivity contribution in [3.63, 3.8) is 0 Å². The van der Waals surface area contributed by atoms with Crippen LogP contribution in [-0.2, 0) is 4.79 Å². The maximum absolute atomic E-state index is 12.1. The Hall–Kier alpha value is -1.65. The highest BCUT2D eigenvalue weighted by Gasteiger charge is 2.12. The molecule has 1 atom stereocenters. The number of anilines is 2. The van der Waals surface area contributed by atoms with Gasteiger partial charge in [-0.2, -0.15) is 0 Å². The summed E-state index contributed by atoms with van der Waals surface area (Å²) < 4.78 is 0. The number of hydrogen-bond acceptors (Lipinski definition) is 3. The number of nitrogens with one attached hydrogen (secondary N) is 2. The lowest BCUT2D eigenvalue weighted by Gasteiger charge is -2.15. The fraction of sp³-hybridized carbons (Fsp3) is 0.188. The standard InChI is InChI=1S/C16H17ClN2OS/c1-11(18-14-4-3-5-15(10-14)21-2)16(20)19-13-8-6-12(17)7-9-13/h3-11,18H,1-2H3,(H,19,20)/t11-/m1/s1. The third kappa shape index (κ3) is 4.69. The molecule has 110 valence electrons. The van der Waals surface area contributed by atoms with Crippen molar-refractivity contribution in [3.05, 3.63) is 53.6 Å². The van der Waals surface area contributed by atoms with Gasteiger partial charge in [-0.1, -0.05) is 17.7 Å². The van der Waals surface area contributed by atoms with Crippen LogP contribution in [0, 0.1) is 0 Å². The fourth-order valence-electron chi connectivity index (χ4n) is 1.81. The van der Waals surface area contributed by atoms with Gasteiger partial charge in [-0.3, -0.25) is 4.79 Å². The summed E-state index contributed by atoms with van der Waals surface area (Å²) in [5, 5.41) is 6.70. The van der Waals surface area contributed by atoms with Crippen molar-refractivity contribution in [2.24, 2.45) is 0 Å². The van der Waals surface area contributed by atoms with Gasteiger partial charge in [0, 0.05) is 21.3 Å². The molecule has 3 nitrogen and oxygen atoms in total. The summed E-state index contributed by atoms with van der Waals surface area (Å²) >= 11 is 7.49. The van der Waals surface area contributed by atoms with E-state index in [1.807, 2.05) is 37.4 Å². The van der Waals surface area contributed by atoms with E-state index in [1.165, 1.54) is 0 Å². The highest BCUT2D eigenvalue weighted by atomic mass is 35.5. The van der Waals surface area contributed by atoms with E-state index in [-0.39, 0.29) is 11.9 Å². The molecule has 0 spiro atoms. The second-order valence-electron chi connectivity index (χ2n) is 4.59. The van der Waals surface area contributed by atoms with E-state index in [9.17, 15) is 4.79 Å². The van der Waals surface area contributed by atoms with Crippen molar-refractivity contribution in [2.75, 3.05) is 16.9 Å². The smallest absolute Gasteiger partial charge is 0.246 e. The third-order valence-corrected chi connectivity index (χ3v) is 3.94. The minimum absolute atomic E-state index is 0.0909. The molecule has 5 heteroatoms. The quantitative estimate of drug-likeness (QED) is 0.797. The predicted molar refractivity (Wildman–Crippen MR) is 91.4 cm³/mol. The number of halogens is 1. The molecule has 0 fully saturated rings. The molecule has 0 unspecified atom stereocenters. The van der Waals surface area contributed by atoms with E-state index < -0.39 is 0 Å². The van der Waals surface area contributed by atoms with Crippen LogP contribution in [0.3, 0.4) is 0 Å². The van der Waals surface area contributed by atoms with Crippen LogP contribution in [0.15, 0.2) is 53.4 Å². The molecule has 0 aliphatic rings. The van der Waals surface area contributed by atoms with Gasteiger partial charge in [0.1, 0.15) is 6.04 Å². The number of rotatable bonds is 5. The number of thioether (sulfide) groups is 1. The van der Waals surface area contributed by atoms with Crippen LogP contribution in [0.4, 0.5) is 11.4 Å². The summed E-state index contributed by atoms with van der Waals surface area (Å²) in [5.74, 6) is -0.0909. The summed E-state index contributed by atoms with van der Waals surface area (Å²) in [6.07, 6.45) is 2.02. The lowest BCUT2D eigenvalue weighted by molar-refractivity contribution is -0.116. The molecular formula is C16H17ClN2OS. The van der Waals surface area contributed by atoms with Crippen LogP contribution in [0.1, 0.15) is 6.92 Å². The second kappa shape index (κ2) is 7.38. The molecule has 2 N–H and O–H groups in total. The van der Waals surface area contributed by atoms with Crippen molar-refractivity contribution in [2.45, 2.75) is 17.9 Å². The first-order valence-corrected chi connectivity index (χ1v) is 8.16. The van der Waals surface area contributed by atoms with Gasteiger partial charge in [0.05, 0.1) is 0 Å².